The van der Waals surface area contributed by atoms with Gasteiger partial charge in [0.2, 0.25) is 0 Å². The first-order valence-corrected chi connectivity index (χ1v) is 14.0. The third-order valence-electron chi connectivity index (χ3n) is 7.82. The lowest BCUT2D eigenvalue weighted by atomic mass is 9.73. The van der Waals surface area contributed by atoms with Crippen LogP contribution in [-0.4, -0.2) is 16.1 Å². The average molecular weight is 558 g/mol. The molecule has 6 rings (SSSR count). The SMILES string of the molecule is CC(CCC(=O)O)(c1ccc(OCc2ccc3ccccc3n2)cc1)c1ccc(OCc2occ3ccccc23)cc1. The number of carboxylic acids is 1. The van der Waals surface area contributed by atoms with Crippen LogP contribution in [0.3, 0.4) is 0 Å². The zero-order chi connectivity index (χ0) is 28.9. The Labute approximate surface area is 244 Å². The van der Waals surface area contributed by atoms with Crippen LogP contribution in [0.25, 0.3) is 21.7 Å². The van der Waals surface area contributed by atoms with E-state index in [4.69, 9.17) is 13.9 Å². The number of fused-ring (bicyclic) bond motifs is 2. The van der Waals surface area contributed by atoms with Gasteiger partial charge in [-0.1, -0.05) is 79.7 Å². The molecule has 1 atom stereocenters. The van der Waals surface area contributed by atoms with E-state index >= 15 is 0 Å². The molecule has 6 nitrogen and oxygen atoms in total. The van der Waals surface area contributed by atoms with Crippen LogP contribution in [0.4, 0.5) is 0 Å². The second-order valence-corrected chi connectivity index (χ2v) is 10.6. The van der Waals surface area contributed by atoms with Gasteiger partial charge in [0.25, 0.3) is 0 Å². The third kappa shape index (κ3) is 5.84. The molecule has 6 heteroatoms. The molecule has 2 aromatic heterocycles. The Hall–Kier alpha value is -5.10. The Kier molecular flexibility index (Phi) is 7.60. The number of hydrogen-bond donors (Lipinski definition) is 1. The Balaban J connectivity index is 1.16. The number of benzene rings is 4. The number of carbonyl (C=O) groups is 1. The number of aromatic nitrogens is 1. The van der Waals surface area contributed by atoms with Gasteiger partial charge in [-0.15, -0.1) is 0 Å². The van der Waals surface area contributed by atoms with Crippen molar-refractivity contribution in [3.05, 3.63) is 138 Å². The monoisotopic (exact) mass is 557 g/mol. The first-order valence-electron chi connectivity index (χ1n) is 14.0. The summed E-state index contributed by atoms with van der Waals surface area (Å²) in [5, 5.41) is 12.7. The molecule has 0 aliphatic rings. The quantitative estimate of drug-likeness (QED) is 0.173. The summed E-state index contributed by atoms with van der Waals surface area (Å²) in [5.41, 5.74) is 3.29. The highest BCUT2D eigenvalue weighted by atomic mass is 16.5. The molecule has 6 aromatic rings. The summed E-state index contributed by atoms with van der Waals surface area (Å²) in [6.07, 6.45) is 2.23. The lowest BCUT2D eigenvalue weighted by Gasteiger charge is -2.31. The highest BCUT2D eigenvalue weighted by Gasteiger charge is 2.30. The summed E-state index contributed by atoms with van der Waals surface area (Å²) in [4.78, 5) is 16.2. The molecule has 0 saturated heterocycles. The van der Waals surface area contributed by atoms with Gasteiger partial charge in [-0.05, 0) is 53.9 Å². The number of pyridine rings is 1. The first kappa shape index (κ1) is 27.1. The smallest absolute Gasteiger partial charge is 0.303 e. The van der Waals surface area contributed by atoms with Crippen molar-refractivity contribution < 1.29 is 23.8 Å². The molecule has 4 aromatic carbocycles. The maximum atomic E-state index is 11.6. The summed E-state index contributed by atoms with van der Waals surface area (Å²) in [6.45, 7) is 2.75. The molecule has 0 aliphatic heterocycles. The molecule has 1 unspecified atom stereocenters. The van der Waals surface area contributed by atoms with Crippen molar-refractivity contribution in [2.24, 2.45) is 0 Å². The van der Waals surface area contributed by atoms with Crippen LogP contribution in [0.1, 0.15) is 42.3 Å². The van der Waals surface area contributed by atoms with Crippen molar-refractivity contribution in [1.82, 2.24) is 4.98 Å². The second kappa shape index (κ2) is 11.8. The normalized spacial score (nSPS) is 12.7. The second-order valence-electron chi connectivity index (χ2n) is 10.6. The van der Waals surface area contributed by atoms with E-state index in [-0.39, 0.29) is 6.42 Å². The predicted molar refractivity (Wildman–Crippen MR) is 163 cm³/mol. The average Bonchev–Trinajstić information content (AvgIpc) is 3.45. The van der Waals surface area contributed by atoms with Crippen LogP contribution in [0.5, 0.6) is 11.5 Å². The summed E-state index contributed by atoms with van der Waals surface area (Å²) in [6, 6.07) is 35.8. The van der Waals surface area contributed by atoms with E-state index in [1.165, 1.54) is 0 Å². The number of carboxylic acid groups (broad SMARTS) is 1. The van der Waals surface area contributed by atoms with Crippen molar-refractivity contribution >= 4 is 27.6 Å². The minimum atomic E-state index is -0.824. The standard InChI is InChI=1S/C36H31NO5/c1-36(21-20-35(38)39,28-13-18-31(19-14-28)41-24-34-32-8-4-2-7-26(32)22-42-34)27-11-16-30(17-12-27)40-23-29-15-10-25-6-3-5-9-33(25)37-29/h2-19,22H,20-21,23-24H2,1H3,(H,38,39). The molecular weight excluding hydrogens is 526 g/mol. The lowest BCUT2D eigenvalue weighted by molar-refractivity contribution is -0.137. The molecule has 2 heterocycles. The molecule has 0 amide bonds. The first-order chi connectivity index (χ1) is 20.5. The number of nitrogens with zero attached hydrogens (tertiary/aromatic N) is 1. The van der Waals surface area contributed by atoms with E-state index in [9.17, 15) is 9.90 Å². The fourth-order valence-corrected chi connectivity index (χ4v) is 5.31. The maximum Gasteiger partial charge on any atom is 0.303 e. The van der Waals surface area contributed by atoms with Gasteiger partial charge in [0.1, 0.15) is 30.5 Å². The van der Waals surface area contributed by atoms with E-state index in [0.717, 1.165) is 50.0 Å². The number of furan rings is 1. The fourth-order valence-electron chi connectivity index (χ4n) is 5.31. The van der Waals surface area contributed by atoms with Gasteiger partial charge >= 0.3 is 5.97 Å². The van der Waals surface area contributed by atoms with Gasteiger partial charge < -0.3 is 19.0 Å². The predicted octanol–water partition coefficient (Wildman–Crippen LogP) is 8.31. The summed E-state index contributed by atoms with van der Waals surface area (Å²) in [5.74, 6) is 1.39. The number of rotatable bonds is 11. The molecule has 0 radical (unpaired) electrons. The largest absolute Gasteiger partial charge is 0.487 e. The maximum absolute atomic E-state index is 11.6. The minimum absolute atomic E-state index is 0.0478. The van der Waals surface area contributed by atoms with E-state index in [1.54, 1.807) is 6.26 Å². The van der Waals surface area contributed by atoms with Crippen LogP contribution in [0.2, 0.25) is 0 Å². The van der Waals surface area contributed by atoms with Crippen LogP contribution < -0.4 is 9.47 Å². The molecule has 210 valence electrons. The number of ether oxygens (including phenoxy) is 2. The fraction of sp³-hybridized carbons (Fsp3) is 0.167. The summed E-state index contributed by atoms with van der Waals surface area (Å²) in [7, 11) is 0. The topological polar surface area (TPSA) is 81.8 Å². The minimum Gasteiger partial charge on any atom is -0.487 e. The Morgan fingerprint density at radius 3 is 2.07 bits per heavy atom. The summed E-state index contributed by atoms with van der Waals surface area (Å²) >= 11 is 0. The Morgan fingerprint density at radius 2 is 1.38 bits per heavy atom. The number of aliphatic carboxylic acids is 1. The van der Waals surface area contributed by atoms with Crippen LogP contribution in [0.15, 0.2) is 120 Å². The Morgan fingerprint density at radius 1 is 0.762 bits per heavy atom. The number of para-hydroxylation sites is 1. The molecule has 0 saturated carbocycles. The zero-order valence-corrected chi connectivity index (χ0v) is 23.3. The molecule has 42 heavy (non-hydrogen) atoms. The third-order valence-corrected chi connectivity index (χ3v) is 7.82. The molecule has 0 spiro atoms. The molecule has 0 aliphatic carbocycles. The highest BCUT2D eigenvalue weighted by molar-refractivity contribution is 5.83. The highest BCUT2D eigenvalue weighted by Crippen LogP contribution is 2.38. The van der Waals surface area contributed by atoms with Crippen LogP contribution in [-0.2, 0) is 23.4 Å². The summed E-state index contributed by atoms with van der Waals surface area (Å²) < 4.78 is 17.8. The molecule has 0 bridgehead atoms. The zero-order valence-electron chi connectivity index (χ0n) is 23.3. The van der Waals surface area contributed by atoms with Crippen LogP contribution in [0, 0.1) is 0 Å². The van der Waals surface area contributed by atoms with Crippen molar-refractivity contribution in [3.63, 3.8) is 0 Å². The van der Waals surface area contributed by atoms with Gasteiger partial charge in [-0.25, -0.2) is 4.98 Å². The van der Waals surface area contributed by atoms with Crippen molar-refractivity contribution in [1.29, 1.82) is 0 Å². The lowest BCUT2D eigenvalue weighted by Crippen LogP contribution is -2.25. The van der Waals surface area contributed by atoms with Crippen LogP contribution >= 0.6 is 0 Å². The van der Waals surface area contributed by atoms with Crippen molar-refractivity contribution in [3.8, 4) is 11.5 Å². The van der Waals surface area contributed by atoms with Gasteiger partial charge in [0, 0.05) is 28.0 Å². The molecule has 0 fully saturated rings. The Bertz CT molecular complexity index is 1820. The van der Waals surface area contributed by atoms with Gasteiger partial charge in [0.05, 0.1) is 17.5 Å². The van der Waals surface area contributed by atoms with Crippen molar-refractivity contribution in [2.45, 2.75) is 38.4 Å². The van der Waals surface area contributed by atoms with Gasteiger partial charge in [-0.3, -0.25) is 4.79 Å². The van der Waals surface area contributed by atoms with Crippen molar-refractivity contribution in [2.75, 3.05) is 0 Å². The van der Waals surface area contributed by atoms with Gasteiger partial charge in [0.15, 0.2) is 0 Å². The molecular formula is C36H31NO5. The number of hydrogen-bond acceptors (Lipinski definition) is 5. The van der Waals surface area contributed by atoms with Gasteiger partial charge in [-0.2, -0.15) is 0 Å². The van der Waals surface area contributed by atoms with E-state index < -0.39 is 11.4 Å². The van der Waals surface area contributed by atoms with E-state index in [2.05, 4.69) is 11.9 Å². The van der Waals surface area contributed by atoms with E-state index in [1.807, 2.05) is 109 Å². The van der Waals surface area contributed by atoms with E-state index in [0.29, 0.717) is 25.4 Å². The molecule has 1 N–H and O–H groups in total.